The summed E-state index contributed by atoms with van der Waals surface area (Å²) in [6.45, 7) is 1.68. The molecule has 0 saturated carbocycles. The average molecular weight is 343 g/mol. The minimum Gasteiger partial charge on any atom is -0.284 e. The van der Waals surface area contributed by atoms with Crippen LogP contribution in [0.15, 0.2) is 65.6 Å². The van der Waals surface area contributed by atoms with Crippen LogP contribution in [0.1, 0.15) is 12.5 Å². The zero-order chi connectivity index (χ0) is 17.2. The van der Waals surface area contributed by atoms with E-state index >= 15 is 0 Å². The lowest BCUT2D eigenvalue weighted by Crippen LogP contribution is -2.20. The molecule has 0 bridgehead atoms. The van der Waals surface area contributed by atoms with E-state index in [1.807, 2.05) is 18.2 Å². The molecule has 0 atom stereocenters. The Morgan fingerprint density at radius 2 is 1.75 bits per heavy atom. The first-order chi connectivity index (χ1) is 11.5. The third-order valence-corrected chi connectivity index (χ3v) is 4.92. The summed E-state index contributed by atoms with van der Waals surface area (Å²) in [5, 5.41) is 0. The average Bonchev–Trinajstić information content (AvgIpc) is 2.55. The number of rotatable bonds is 5. The van der Waals surface area contributed by atoms with Crippen molar-refractivity contribution in [1.82, 2.24) is 4.40 Å². The summed E-state index contributed by atoms with van der Waals surface area (Å²) in [7, 11) is -3.75. The third kappa shape index (κ3) is 3.25. The van der Waals surface area contributed by atoms with Crippen LogP contribution < -0.4 is 5.56 Å². The summed E-state index contributed by atoms with van der Waals surface area (Å²) in [4.78, 5) is 12.9. The largest absolute Gasteiger partial charge is 0.284 e. The molecule has 0 N–H and O–H groups in total. The summed E-state index contributed by atoms with van der Waals surface area (Å²) >= 11 is 0. The molecule has 0 aliphatic carbocycles. The quantitative estimate of drug-likeness (QED) is 0.668. The minimum atomic E-state index is -3.75. The van der Waals surface area contributed by atoms with Crippen LogP contribution in [-0.4, -0.2) is 19.4 Å². The summed E-state index contributed by atoms with van der Waals surface area (Å²) in [5.41, 5.74) is 1.89. The molecule has 2 aromatic heterocycles. The van der Waals surface area contributed by atoms with Gasteiger partial charge in [-0.3, -0.25) is 13.4 Å². The molecule has 2 heterocycles. The van der Waals surface area contributed by atoms with E-state index in [-0.39, 0.29) is 17.9 Å². The molecule has 0 fully saturated rings. The Morgan fingerprint density at radius 1 is 1.04 bits per heavy atom. The van der Waals surface area contributed by atoms with Crippen LogP contribution in [0.4, 0.5) is 0 Å². The number of benzene rings is 1. The molecule has 0 radical (unpaired) electrons. The Bertz CT molecular complexity index is 1020. The first kappa shape index (κ1) is 16.4. The zero-order valence-electron chi connectivity index (χ0n) is 13.2. The molecular formula is C18H17NO4S. The van der Waals surface area contributed by atoms with E-state index in [9.17, 15) is 13.2 Å². The SMILES string of the molecule is CCOS(=O)(=O)Cc1cc2ccccn2c(=O)c1-c1ccccc1. The van der Waals surface area contributed by atoms with Gasteiger partial charge in [-0.25, -0.2) is 0 Å². The van der Waals surface area contributed by atoms with Gasteiger partial charge in [-0.05, 0) is 36.2 Å². The number of hydrogen-bond acceptors (Lipinski definition) is 4. The maximum atomic E-state index is 12.9. The molecule has 5 nitrogen and oxygen atoms in total. The highest BCUT2D eigenvalue weighted by Gasteiger charge is 2.19. The van der Waals surface area contributed by atoms with Crippen molar-refractivity contribution < 1.29 is 12.6 Å². The lowest BCUT2D eigenvalue weighted by atomic mass is 10.0. The minimum absolute atomic E-state index is 0.0650. The van der Waals surface area contributed by atoms with E-state index in [1.54, 1.807) is 49.5 Å². The highest BCUT2D eigenvalue weighted by atomic mass is 32.2. The lowest BCUT2D eigenvalue weighted by Gasteiger charge is -2.12. The summed E-state index contributed by atoms with van der Waals surface area (Å²) < 4.78 is 30.6. The van der Waals surface area contributed by atoms with Gasteiger partial charge >= 0.3 is 0 Å². The molecule has 3 rings (SSSR count). The van der Waals surface area contributed by atoms with Crippen molar-refractivity contribution in [2.24, 2.45) is 0 Å². The molecule has 0 amide bonds. The van der Waals surface area contributed by atoms with Gasteiger partial charge in [0, 0.05) is 11.7 Å². The number of nitrogens with zero attached hydrogens (tertiary/aromatic N) is 1. The molecule has 0 spiro atoms. The van der Waals surface area contributed by atoms with Gasteiger partial charge in [-0.1, -0.05) is 36.4 Å². The van der Waals surface area contributed by atoms with Crippen molar-refractivity contribution in [3.05, 3.63) is 76.7 Å². The molecule has 6 heteroatoms. The van der Waals surface area contributed by atoms with Gasteiger partial charge in [-0.15, -0.1) is 0 Å². The molecule has 1 aromatic carbocycles. The maximum absolute atomic E-state index is 12.9. The second-order valence-electron chi connectivity index (χ2n) is 5.32. The van der Waals surface area contributed by atoms with Gasteiger partial charge in [0.15, 0.2) is 0 Å². The van der Waals surface area contributed by atoms with Crippen LogP contribution in [0, 0.1) is 0 Å². The topological polar surface area (TPSA) is 64.8 Å². The van der Waals surface area contributed by atoms with Crippen LogP contribution >= 0.6 is 0 Å². The Balaban J connectivity index is 2.28. The molecule has 0 aliphatic heterocycles. The molecule has 3 aromatic rings. The summed E-state index contributed by atoms with van der Waals surface area (Å²) in [6, 6.07) is 16.1. The molecule has 124 valence electrons. The number of pyridine rings is 2. The van der Waals surface area contributed by atoms with Gasteiger partial charge in [0.1, 0.15) is 5.75 Å². The van der Waals surface area contributed by atoms with Crippen LogP contribution in [0.5, 0.6) is 0 Å². The van der Waals surface area contributed by atoms with Crippen molar-refractivity contribution in [3.8, 4) is 11.1 Å². The summed E-state index contributed by atoms with van der Waals surface area (Å²) in [5.74, 6) is -0.342. The van der Waals surface area contributed by atoms with E-state index in [0.29, 0.717) is 22.2 Å². The lowest BCUT2D eigenvalue weighted by molar-refractivity contribution is 0.337. The highest BCUT2D eigenvalue weighted by molar-refractivity contribution is 7.85. The molecule has 0 aliphatic rings. The highest BCUT2D eigenvalue weighted by Crippen LogP contribution is 2.23. The van der Waals surface area contributed by atoms with E-state index in [4.69, 9.17) is 4.18 Å². The van der Waals surface area contributed by atoms with Gasteiger partial charge < -0.3 is 0 Å². The fourth-order valence-corrected chi connectivity index (χ4v) is 3.76. The van der Waals surface area contributed by atoms with Gasteiger partial charge in [0.25, 0.3) is 15.7 Å². The fraction of sp³-hybridized carbons (Fsp3) is 0.167. The second-order valence-corrected chi connectivity index (χ2v) is 6.96. The van der Waals surface area contributed by atoms with Gasteiger partial charge in [-0.2, -0.15) is 8.42 Å². The molecule has 0 unspecified atom stereocenters. The Labute approximate surface area is 140 Å². The molecular weight excluding hydrogens is 326 g/mol. The maximum Gasteiger partial charge on any atom is 0.271 e. The van der Waals surface area contributed by atoms with Crippen molar-refractivity contribution in [2.45, 2.75) is 12.7 Å². The number of fused-ring (bicyclic) bond motifs is 1. The first-order valence-corrected chi connectivity index (χ1v) is 9.15. The van der Waals surface area contributed by atoms with Crippen molar-refractivity contribution in [1.29, 1.82) is 0 Å². The van der Waals surface area contributed by atoms with E-state index in [1.165, 1.54) is 4.40 Å². The molecule has 0 saturated heterocycles. The number of hydrogen-bond donors (Lipinski definition) is 0. The van der Waals surface area contributed by atoms with Crippen LogP contribution in [0.25, 0.3) is 16.6 Å². The first-order valence-electron chi connectivity index (χ1n) is 7.57. The Kier molecular flexibility index (Phi) is 4.51. The smallest absolute Gasteiger partial charge is 0.271 e. The normalized spacial score (nSPS) is 11.7. The van der Waals surface area contributed by atoms with Crippen molar-refractivity contribution in [2.75, 3.05) is 6.61 Å². The van der Waals surface area contributed by atoms with Crippen molar-refractivity contribution >= 4 is 15.6 Å². The predicted octanol–water partition coefficient (Wildman–Crippen LogP) is 2.83. The van der Waals surface area contributed by atoms with Crippen LogP contribution in [-0.2, 0) is 20.1 Å². The van der Waals surface area contributed by atoms with Crippen LogP contribution in [0.2, 0.25) is 0 Å². The third-order valence-electron chi connectivity index (χ3n) is 3.66. The predicted molar refractivity (Wildman–Crippen MR) is 93.4 cm³/mol. The standard InChI is InChI=1S/C18H17NO4S/c1-2-23-24(21,22)13-15-12-16-10-6-7-11-19(16)18(20)17(15)14-8-4-3-5-9-14/h3-12H,2,13H2,1H3. The van der Waals surface area contributed by atoms with Gasteiger partial charge in [0.05, 0.1) is 12.2 Å². The van der Waals surface area contributed by atoms with Crippen molar-refractivity contribution in [3.63, 3.8) is 0 Å². The zero-order valence-corrected chi connectivity index (χ0v) is 14.0. The second kappa shape index (κ2) is 6.59. The van der Waals surface area contributed by atoms with Crippen LogP contribution in [0.3, 0.4) is 0 Å². The number of aromatic nitrogens is 1. The van der Waals surface area contributed by atoms with E-state index in [0.717, 1.165) is 0 Å². The Hall–Kier alpha value is -2.44. The van der Waals surface area contributed by atoms with E-state index in [2.05, 4.69) is 0 Å². The fourth-order valence-electron chi connectivity index (χ4n) is 2.71. The summed E-state index contributed by atoms with van der Waals surface area (Å²) in [6.07, 6.45) is 1.67. The van der Waals surface area contributed by atoms with E-state index < -0.39 is 10.1 Å². The Morgan fingerprint density at radius 3 is 2.46 bits per heavy atom. The monoisotopic (exact) mass is 343 g/mol. The van der Waals surface area contributed by atoms with Gasteiger partial charge in [0.2, 0.25) is 0 Å². The molecule has 24 heavy (non-hydrogen) atoms.